The molecule has 0 bridgehead atoms. The zero-order valence-corrected chi connectivity index (χ0v) is 21.7. The van der Waals surface area contributed by atoms with Crippen molar-refractivity contribution in [2.45, 2.75) is 58.2 Å². The van der Waals surface area contributed by atoms with E-state index in [1.807, 2.05) is 20.2 Å². The van der Waals surface area contributed by atoms with Gasteiger partial charge in [0.2, 0.25) is 0 Å². The second kappa shape index (κ2) is 10.1. The molecule has 1 saturated heterocycles. The zero-order chi connectivity index (χ0) is 25.3. The number of anilines is 2. The van der Waals surface area contributed by atoms with E-state index in [-0.39, 0.29) is 6.54 Å². The first-order valence-corrected chi connectivity index (χ1v) is 12.3. The van der Waals surface area contributed by atoms with Gasteiger partial charge in [-0.25, -0.2) is 14.7 Å². The van der Waals surface area contributed by atoms with Gasteiger partial charge in [0.05, 0.1) is 23.5 Å². The molecule has 0 atom stereocenters. The molecule has 1 fully saturated rings. The SMILES string of the molecule is CN(C)Cc1nc(Nc2ccc(Cl)c3c2C(=O)N(C(=O)OC(C)(C)C)C3)ccc1C1CCOCC1. The molecule has 35 heavy (non-hydrogen) atoms. The number of halogens is 1. The van der Waals surface area contributed by atoms with Crippen LogP contribution in [0.4, 0.5) is 16.3 Å². The largest absolute Gasteiger partial charge is 0.443 e. The van der Waals surface area contributed by atoms with Gasteiger partial charge in [0, 0.05) is 30.3 Å². The predicted octanol–water partition coefficient (Wildman–Crippen LogP) is 5.33. The fourth-order valence-electron chi connectivity index (χ4n) is 4.48. The standard InChI is InChI=1S/C26H33ClN4O4/c1-26(2,3)35-25(33)31-14-18-19(27)7-8-20(23(18)24(31)32)28-22-9-6-17(16-10-12-34-13-11-16)21(29-22)15-30(4)5/h6-9,16H,10-15H2,1-5H3,(H,28,29). The van der Waals surface area contributed by atoms with Crippen LogP contribution in [0.15, 0.2) is 24.3 Å². The van der Waals surface area contributed by atoms with Crippen LogP contribution in [0.5, 0.6) is 0 Å². The van der Waals surface area contributed by atoms with Gasteiger partial charge in [-0.1, -0.05) is 17.7 Å². The van der Waals surface area contributed by atoms with Crippen LogP contribution >= 0.6 is 11.6 Å². The van der Waals surface area contributed by atoms with Crippen LogP contribution in [0.2, 0.25) is 5.02 Å². The molecule has 0 saturated carbocycles. The molecule has 1 aromatic carbocycles. The number of nitrogens with zero attached hydrogens (tertiary/aromatic N) is 3. The first-order valence-electron chi connectivity index (χ1n) is 11.9. The summed E-state index contributed by atoms with van der Waals surface area (Å²) in [5.74, 6) is 0.612. The minimum Gasteiger partial charge on any atom is -0.443 e. The number of carbonyl (C=O) groups is 2. The Labute approximate surface area is 211 Å². The van der Waals surface area contributed by atoms with E-state index in [0.717, 1.165) is 36.6 Å². The van der Waals surface area contributed by atoms with Crippen molar-refractivity contribution in [1.82, 2.24) is 14.8 Å². The average Bonchev–Trinajstić information content (AvgIpc) is 3.13. The van der Waals surface area contributed by atoms with Crippen molar-refractivity contribution in [1.29, 1.82) is 0 Å². The summed E-state index contributed by atoms with van der Waals surface area (Å²) in [5, 5.41) is 3.73. The first-order chi connectivity index (χ1) is 16.5. The van der Waals surface area contributed by atoms with E-state index in [2.05, 4.69) is 16.3 Å². The number of pyridine rings is 1. The monoisotopic (exact) mass is 500 g/mol. The van der Waals surface area contributed by atoms with Crippen molar-refractivity contribution in [3.05, 3.63) is 51.7 Å². The summed E-state index contributed by atoms with van der Waals surface area (Å²) >= 11 is 6.41. The summed E-state index contributed by atoms with van der Waals surface area (Å²) in [7, 11) is 4.04. The molecule has 0 spiro atoms. The fourth-order valence-corrected chi connectivity index (χ4v) is 4.70. The molecule has 1 aromatic heterocycles. The van der Waals surface area contributed by atoms with E-state index in [4.69, 9.17) is 26.1 Å². The number of benzene rings is 1. The Balaban J connectivity index is 1.63. The number of ether oxygens (including phenoxy) is 2. The lowest BCUT2D eigenvalue weighted by atomic mass is 9.90. The maximum absolute atomic E-state index is 13.2. The molecule has 0 unspecified atom stereocenters. The van der Waals surface area contributed by atoms with Crippen molar-refractivity contribution >= 4 is 35.1 Å². The van der Waals surface area contributed by atoms with E-state index in [9.17, 15) is 9.59 Å². The van der Waals surface area contributed by atoms with E-state index in [1.54, 1.807) is 32.9 Å². The van der Waals surface area contributed by atoms with Crippen LogP contribution in [0.25, 0.3) is 0 Å². The number of imide groups is 1. The molecule has 2 aliphatic rings. The first kappa shape index (κ1) is 25.4. The van der Waals surface area contributed by atoms with Crippen molar-refractivity contribution in [2.24, 2.45) is 0 Å². The minimum atomic E-state index is -0.712. The lowest BCUT2D eigenvalue weighted by molar-refractivity contribution is 0.0248. The van der Waals surface area contributed by atoms with Gasteiger partial charge in [0.1, 0.15) is 11.4 Å². The van der Waals surface area contributed by atoms with Gasteiger partial charge in [-0.05, 0) is 77.4 Å². The Morgan fingerprint density at radius 1 is 1.23 bits per heavy atom. The maximum atomic E-state index is 13.2. The molecule has 9 heteroatoms. The number of carbonyl (C=O) groups excluding carboxylic acids is 2. The van der Waals surface area contributed by atoms with Crippen molar-refractivity contribution in [2.75, 3.05) is 32.6 Å². The van der Waals surface area contributed by atoms with Crippen molar-refractivity contribution in [3.63, 3.8) is 0 Å². The minimum absolute atomic E-state index is 0.0689. The molecule has 8 nitrogen and oxygen atoms in total. The van der Waals surface area contributed by atoms with Crippen molar-refractivity contribution in [3.8, 4) is 0 Å². The van der Waals surface area contributed by atoms with E-state index in [0.29, 0.717) is 40.1 Å². The molecule has 1 N–H and O–H groups in total. The van der Waals surface area contributed by atoms with Crippen LogP contribution in [-0.4, -0.2) is 59.7 Å². The van der Waals surface area contributed by atoms with Gasteiger partial charge >= 0.3 is 6.09 Å². The van der Waals surface area contributed by atoms with Gasteiger partial charge in [-0.15, -0.1) is 0 Å². The summed E-state index contributed by atoms with van der Waals surface area (Å²) in [5.41, 5.74) is 3.05. The number of hydrogen-bond acceptors (Lipinski definition) is 7. The highest BCUT2D eigenvalue weighted by atomic mass is 35.5. The highest BCUT2D eigenvalue weighted by Crippen LogP contribution is 2.37. The number of aromatic nitrogens is 1. The molecule has 188 valence electrons. The highest BCUT2D eigenvalue weighted by Gasteiger charge is 2.38. The molecular formula is C26H33ClN4O4. The topological polar surface area (TPSA) is 84.0 Å². The van der Waals surface area contributed by atoms with Gasteiger partial charge in [-0.2, -0.15) is 0 Å². The number of hydrogen-bond donors (Lipinski definition) is 1. The lowest BCUT2D eigenvalue weighted by Crippen LogP contribution is -2.37. The third-order valence-electron chi connectivity index (χ3n) is 6.04. The number of nitrogens with one attached hydrogen (secondary N) is 1. The normalized spacial score (nSPS) is 16.5. The van der Waals surface area contributed by atoms with E-state index in [1.165, 1.54) is 5.56 Å². The second-order valence-corrected chi connectivity index (χ2v) is 10.7. The lowest BCUT2D eigenvalue weighted by Gasteiger charge is -2.25. The Kier molecular flexibility index (Phi) is 7.35. The highest BCUT2D eigenvalue weighted by molar-refractivity contribution is 6.32. The van der Waals surface area contributed by atoms with Crippen LogP contribution in [0.1, 0.15) is 66.7 Å². The Bertz CT molecular complexity index is 1120. The second-order valence-electron chi connectivity index (χ2n) is 10.3. The van der Waals surface area contributed by atoms with Gasteiger partial charge in [0.15, 0.2) is 0 Å². The van der Waals surface area contributed by atoms with Gasteiger partial charge in [0.25, 0.3) is 5.91 Å². The average molecular weight is 501 g/mol. The Morgan fingerprint density at radius 3 is 2.60 bits per heavy atom. The third kappa shape index (κ3) is 5.77. The molecule has 3 heterocycles. The Hall–Kier alpha value is -2.68. The van der Waals surface area contributed by atoms with Gasteiger partial charge < -0.3 is 19.7 Å². The van der Waals surface area contributed by atoms with Crippen LogP contribution in [-0.2, 0) is 22.6 Å². The van der Waals surface area contributed by atoms with Crippen LogP contribution in [0, 0.1) is 0 Å². The number of rotatable bonds is 5. The van der Waals surface area contributed by atoms with Crippen molar-refractivity contribution < 1.29 is 19.1 Å². The molecule has 2 amide bonds. The molecular weight excluding hydrogens is 468 g/mol. The van der Waals surface area contributed by atoms with Gasteiger partial charge in [-0.3, -0.25) is 4.79 Å². The molecule has 0 aliphatic carbocycles. The molecule has 4 rings (SSSR count). The van der Waals surface area contributed by atoms with E-state index < -0.39 is 17.6 Å². The molecule has 2 aliphatic heterocycles. The zero-order valence-electron chi connectivity index (χ0n) is 21.0. The summed E-state index contributed by atoms with van der Waals surface area (Å²) in [6.45, 7) is 7.59. The molecule has 0 radical (unpaired) electrons. The summed E-state index contributed by atoms with van der Waals surface area (Å²) in [4.78, 5) is 34.0. The number of fused-ring (bicyclic) bond motifs is 1. The summed E-state index contributed by atoms with van der Waals surface area (Å²) in [6.07, 6.45) is 1.27. The van der Waals surface area contributed by atoms with E-state index >= 15 is 0 Å². The summed E-state index contributed by atoms with van der Waals surface area (Å²) in [6, 6.07) is 7.54. The smallest absolute Gasteiger partial charge is 0.417 e. The number of amides is 2. The van der Waals surface area contributed by atoms with Crippen LogP contribution < -0.4 is 5.32 Å². The maximum Gasteiger partial charge on any atom is 0.417 e. The third-order valence-corrected chi connectivity index (χ3v) is 6.40. The molecule has 2 aromatic rings. The predicted molar refractivity (Wildman–Crippen MR) is 135 cm³/mol. The van der Waals surface area contributed by atoms with Crippen LogP contribution in [0.3, 0.4) is 0 Å². The quantitative estimate of drug-likeness (QED) is 0.594. The Morgan fingerprint density at radius 2 is 1.94 bits per heavy atom. The fraction of sp³-hybridized carbons (Fsp3) is 0.500. The summed E-state index contributed by atoms with van der Waals surface area (Å²) < 4.78 is 11.0.